The fourth-order valence-electron chi connectivity index (χ4n) is 2.59. The molecule has 0 bridgehead atoms. The first kappa shape index (κ1) is 11.5. The van der Waals surface area contributed by atoms with Crippen LogP contribution in [0.2, 0.25) is 0 Å². The van der Waals surface area contributed by atoms with Gasteiger partial charge in [-0.2, -0.15) is 0 Å². The van der Waals surface area contributed by atoms with Crippen molar-refractivity contribution in [3.05, 3.63) is 53.6 Å². The maximum absolute atomic E-state index is 11.3. The second-order valence-corrected chi connectivity index (χ2v) is 4.45. The van der Waals surface area contributed by atoms with E-state index in [1.54, 1.807) is 24.3 Å². The molecular formula is C15H10O4. The van der Waals surface area contributed by atoms with Gasteiger partial charge >= 0.3 is 11.9 Å². The molecule has 1 aliphatic rings. The lowest BCUT2D eigenvalue weighted by atomic mass is 9.82. The van der Waals surface area contributed by atoms with E-state index in [9.17, 15) is 19.8 Å². The summed E-state index contributed by atoms with van der Waals surface area (Å²) >= 11 is 0. The molecule has 1 unspecified atom stereocenters. The van der Waals surface area contributed by atoms with Gasteiger partial charge in [0.15, 0.2) is 0 Å². The van der Waals surface area contributed by atoms with E-state index in [-0.39, 0.29) is 5.57 Å². The normalized spacial score (nSPS) is 17.1. The molecule has 2 aromatic carbocycles. The number of hydrogen-bond donors (Lipinski definition) is 2. The minimum absolute atomic E-state index is 0.0525. The van der Waals surface area contributed by atoms with E-state index >= 15 is 0 Å². The first-order valence-electron chi connectivity index (χ1n) is 5.79. The highest BCUT2D eigenvalue weighted by Gasteiger charge is 2.29. The SMILES string of the molecule is O=C(O)C1=CC(C(=O)O)c2cccc3cccc1c23. The minimum atomic E-state index is -1.10. The molecule has 4 heteroatoms. The molecule has 0 heterocycles. The zero-order valence-corrected chi connectivity index (χ0v) is 9.83. The zero-order chi connectivity index (χ0) is 13.6. The molecule has 0 amide bonds. The highest BCUT2D eigenvalue weighted by Crippen LogP contribution is 2.38. The van der Waals surface area contributed by atoms with E-state index in [1.807, 2.05) is 12.1 Å². The Balaban J connectivity index is 2.43. The Labute approximate surface area is 108 Å². The molecule has 4 nitrogen and oxygen atoms in total. The molecule has 2 aromatic rings. The summed E-state index contributed by atoms with van der Waals surface area (Å²) in [6, 6.07) is 10.7. The van der Waals surface area contributed by atoms with Gasteiger partial charge in [-0.05, 0) is 21.9 Å². The Morgan fingerprint density at radius 2 is 1.68 bits per heavy atom. The van der Waals surface area contributed by atoms with Crippen molar-refractivity contribution in [2.45, 2.75) is 5.92 Å². The average Bonchev–Trinajstić information content (AvgIpc) is 2.39. The Hall–Kier alpha value is -2.62. The topological polar surface area (TPSA) is 74.6 Å². The van der Waals surface area contributed by atoms with Crippen molar-refractivity contribution < 1.29 is 19.8 Å². The standard InChI is InChI=1S/C15H10O4/c16-14(17)11-7-12(15(18)19)10-6-2-4-8-3-1-5-9(11)13(8)10/h1-7,11H,(H,16,17)(H,18,19). The Kier molecular flexibility index (Phi) is 2.38. The van der Waals surface area contributed by atoms with Crippen LogP contribution in [0.4, 0.5) is 0 Å². The summed E-state index contributed by atoms with van der Waals surface area (Å²) in [7, 11) is 0. The summed E-state index contributed by atoms with van der Waals surface area (Å²) in [4.78, 5) is 22.6. The summed E-state index contributed by atoms with van der Waals surface area (Å²) in [6.07, 6.45) is 1.31. The van der Waals surface area contributed by atoms with Crippen molar-refractivity contribution in [1.29, 1.82) is 0 Å². The van der Waals surface area contributed by atoms with Crippen LogP contribution in [-0.4, -0.2) is 22.2 Å². The van der Waals surface area contributed by atoms with Crippen LogP contribution in [0.15, 0.2) is 42.5 Å². The largest absolute Gasteiger partial charge is 0.481 e. The number of carboxylic acid groups (broad SMARTS) is 2. The zero-order valence-electron chi connectivity index (χ0n) is 9.83. The second-order valence-electron chi connectivity index (χ2n) is 4.45. The van der Waals surface area contributed by atoms with Gasteiger partial charge < -0.3 is 10.2 Å². The fourth-order valence-corrected chi connectivity index (χ4v) is 2.59. The van der Waals surface area contributed by atoms with E-state index in [1.165, 1.54) is 6.08 Å². The van der Waals surface area contributed by atoms with Gasteiger partial charge in [0.2, 0.25) is 0 Å². The van der Waals surface area contributed by atoms with Crippen LogP contribution in [-0.2, 0) is 9.59 Å². The van der Waals surface area contributed by atoms with Gasteiger partial charge in [-0.3, -0.25) is 4.79 Å². The van der Waals surface area contributed by atoms with Crippen LogP contribution in [0.5, 0.6) is 0 Å². The number of carbonyl (C=O) groups is 2. The molecule has 2 N–H and O–H groups in total. The molecule has 3 rings (SSSR count). The van der Waals surface area contributed by atoms with E-state index < -0.39 is 17.9 Å². The van der Waals surface area contributed by atoms with E-state index in [4.69, 9.17) is 0 Å². The summed E-state index contributed by atoms with van der Waals surface area (Å²) in [5.74, 6) is -3.06. The predicted octanol–water partition coefficient (Wildman–Crippen LogP) is 2.49. The molecule has 0 fully saturated rings. The van der Waals surface area contributed by atoms with Gasteiger partial charge in [0.1, 0.15) is 5.92 Å². The summed E-state index contributed by atoms with van der Waals surface area (Å²) in [5, 5.41) is 20.1. The Morgan fingerprint density at radius 3 is 2.32 bits per heavy atom. The highest BCUT2D eigenvalue weighted by molar-refractivity contribution is 6.22. The van der Waals surface area contributed by atoms with Gasteiger partial charge in [0.25, 0.3) is 0 Å². The summed E-state index contributed by atoms with van der Waals surface area (Å²) in [5.41, 5.74) is 1.28. The van der Waals surface area contributed by atoms with E-state index in [0.29, 0.717) is 11.1 Å². The lowest BCUT2D eigenvalue weighted by Gasteiger charge is -2.21. The lowest BCUT2D eigenvalue weighted by molar-refractivity contribution is -0.137. The van der Waals surface area contributed by atoms with Crippen molar-refractivity contribution in [3.8, 4) is 0 Å². The van der Waals surface area contributed by atoms with Crippen LogP contribution in [0, 0.1) is 0 Å². The van der Waals surface area contributed by atoms with Gasteiger partial charge in [-0.25, -0.2) is 4.79 Å². The average molecular weight is 254 g/mol. The van der Waals surface area contributed by atoms with Crippen LogP contribution < -0.4 is 0 Å². The quantitative estimate of drug-likeness (QED) is 0.863. The van der Waals surface area contributed by atoms with Crippen LogP contribution in [0.25, 0.3) is 16.3 Å². The molecule has 0 spiro atoms. The number of benzene rings is 2. The molecular weight excluding hydrogens is 244 g/mol. The van der Waals surface area contributed by atoms with Crippen LogP contribution in [0.1, 0.15) is 17.0 Å². The second kappa shape index (κ2) is 3.95. The van der Waals surface area contributed by atoms with Crippen LogP contribution >= 0.6 is 0 Å². The molecule has 0 aliphatic heterocycles. The highest BCUT2D eigenvalue weighted by atomic mass is 16.4. The maximum Gasteiger partial charge on any atom is 0.336 e. The summed E-state index contributed by atoms with van der Waals surface area (Å²) in [6.45, 7) is 0. The van der Waals surface area contributed by atoms with Crippen molar-refractivity contribution in [2.24, 2.45) is 0 Å². The molecule has 94 valence electrons. The molecule has 19 heavy (non-hydrogen) atoms. The number of rotatable bonds is 2. The molecule has 0 saturated heterocycles. The van der Waals surface area contributed by atoms with Crippen LogP contribution in [0.3, 0.4) is 0 Å². The van der Waals surface area contributed by atoms with E-state index in [2.05, 4.69) is 0 Å². The number of carboxylic acids is 2. The van der Waals surface area contributed by atoms with Gasteiger partial charge in [0.05, 0.1) is 5.57 Å². The molecule has 0 saturated carbocycles. The third-order valence-electron chi connectivity index (χ3n) is 3.39. The molecule has 0 radical (unpaired) electrons. The smallest absolute Gasteiger partial charge is 0.336 e. The van der Waals surface area contributed by atoms with E-state index in [0.717, 1.165) is 10.8 Å². The third kappa shape index (κ3) is 1.61. The minimum Gasteiger partial charge on any atom is -0.481 e. The molecule has 0 aromatic heterocycles. The van der Waals surface area contributed by atoms with Gasteiger partial charge in [-0.15, -0.1) is 0 Å². The van der Waals surface area contributed by atoms with Crippen molar-refractivity contribution >= 4 is 28.3 Å². The molecule has 1 atom stereocenters. The van der Waals surface area contributed by atoms with Crippen molar-refractivity contribution in [2.75, 3.05) is 0 Å². The number of hydrogen-bond acceptors (Lipinski definition) is 2. The first-order valence-corrected chi connectivity index (χ1v) is 5.79. The monoisotopic (exact) mass is 254 g/mol. The number of aliphatic carboxylic acids is 2. The van der Waals surface area contributed by atoms with Gasteiger partial charge in [0, 0.05) is 0 Å². The van der Waals surface area contributed by atoms with Crippen molar-refractivity contribution in [1.82, 2.24) is 0 Å². The van der Waals surface area contributed by atoms with Gasteiger partial charge in [-0.1, -0.05) is 42.5 Å². The predicted molar refractivity (Wildman–Crippen MR) is 69.9 cm³/mol. The third-order valence-corrected chi connectivity index (χ3v) is 3.39. The maximum atomic E-state index is 11.3. The molecule has 1 aliphatic carbocycles. The fraction of sp³-hybridized carbons (Fsp3) is 0.0667. The lowest BCUT2D eigenvalue weighted by Crippen LogP contribution is -2.16. The Bertz CT molecular complexity index is 738. The first-order chi connectivity index (χ1) is 9.09. The summed E-state index contributed by atoms with van der Waals surface area (Å²) < 4.78 is 0. The van der Waals surface area contributed by atoms with Crippen molar-refractivity contribution in [3.63, 3.8) is 0 Å². The Morgan fingerprint density at radius 1 is 1.00 bits per heavy atom.